The Hall–Kier alpha value is -2.12. The predicted molar refractivity (Wildman–Crippen MR) is 139 cm³/mol. The van der Waals surface area contributed by atoms with E-state index >= 15 is 0 Å². The number of anilines is 1. The summed E-state index contributed by atoms with van der Waals surface area (Å²) in [5, 5.41) is 7.44. The number of pyridine rings is 1. The van der Waals surface area contributed by atoms with Gasteiger partial charge in [0, 0.05) is 34.9 Å². The third-order valence-electron chi connectivity index (χ3n) is 6.85. The number of fused-ring (bicyclic) bond motifs is 1. The number of carbonyl (C=O) groups is 1. The molecular weight excluding hydrogens is 457 g/mol. The van der Waals surface area contributed by atoms with Gasteiger partial charge in [-0.2, -0.15) is 0 Å². The quantitative estimate of drug-likeness (QED) is 0.473. The maximum absolute atomic E-state index is 12.7. The van der Waals surface area contributed by atoms with Crippen molar-refractivity contribution >= 4 is 47.4 Å². The maximum Gasteiger partial charge on any atom is 0.256 e. The first kappa shape index (κ1) is 25.5. The SMILES string of the molecule is CN1CCC[C@@H]1c1cc2cnc(NC(=O)c3ccc(CC4CCNCC4)cc3)cc2[nH]1.Cl.Cl. The van der Waals surface area contributed by atoms with E-state index in [2.05, 4.69) is 50.7 Å². The summed E-state index contributed by atoms with van der Waals surface area (Å²) in [5.41, 5.74) is 4.21. The Labute approximate surface area is 207 Å². The minimum Gasteiger partial charge on any atom is -0.357 e. The summed E-state index contributed by atoms with van der Waals surface area (Å²) in [6.07, 6.45) is 7.79. The van der Waals surface area contributed by atoms with Crippen LogP contribution in [0.3, 0.4) is 0 Å². The number of nitrogens with zero attached hydrogens (tertiary/aromatic N) is 2. The average Bonchev–Trinajstić information content (AvgIpc) is 3.40. The lowest BCUT2D eigenvalue weighted by molar-refractivity contribution is 0.102. The molecule has 3 aromatic rings. The first-order chi connectivity index (χ1) is 15.2. The van der Waals surface area contributed by atoms with Crippen LogP contribution in [0.2, 0.25) is 0 Å². The van der Waals surface area contributed by atoms with Gasteiger partial charge in [-0.1, -0.05) is 12.1 Å². The molecule has 0 bridgehead atoms. The summed E-state index contributed by atoms with van der Waals surface area (Å²) >= 11 is 0. The molecule has 0 saturated carbocycles. The number of hydrogen-bond donors (Lipinski definition) is 3. The van der Waals surface area contributed by atoms with E-state index in [4.69, 9.17) is 0 Å². The number of benzene rings is 1. The van der Waals surface area contributed by atoms with Crippen LogP contribution in [-0.2, 0) is 6.42 Å². The van der Waals surface area contributed by atoms with E-state index in [-0.39, 0.29) is 30.7 Å². The van der Waals surface area contributed by atoms with E-state index < -0.39 is 0 Å². The lowest BCUT2D eigenvalue weighted by Crippen LogP contribution is -2.28. The number of H-pyrrole nitrogens is 1. The van der Waals surface area contributed by atoms with Crippen LogP contribution in [0.1, 0.15) is 53.3 Å². The van der Waals surface area contributed by atoms with Crippen molar-refractivity contribution in [3.8, 4) is 0 Å². The Morgan fingerprint density at radius 2 is 1.88 bits per heavy atom. The monoisotopic (exact) mass is 489 g/mol. The number of hydrogen-bond acceptors (Lipinski definition) is 4. The van der Waals surface area contributed by atoms with Crippen molar-refractivity contribution in [2.45, 2.75) is 38.1 Å². The molecule has 2 saturated heterocycles. The van der Waals surface area contributed by atoms with E-state index in [0.29, 0.717) is 17.4 Å². The number of aromatic amines is 1. The molecule has 0 radical (unpaired) electrons. The summed E-state index contributed by atoms with van der Waals surface area (Å²) in [6, 6.07) is 12.6. The number of likely N-dealkylation sites (tertiary alicyclic amines) is 1. The van der Waals surface area contributed by atoms with Gasteiger partial charge in [0.25, 0.3) is 5.91 Å². The van der Waals surface area contributed by atoms with Crippen molar-refractivity contribution < 1.29 is 4.79 Å². The van der Waals surface area contributed by atoms with E-state index in [9.17, 15) is 4.79 Å². The highest BCUT2D eigenvalue weighted by Gasteiger charge is 2.24. The molecule has 1 amide bonds. The zero-order chi connectivity index (χ0) is 21.2. The largest absolute Gasteiger partial charge is 0.357 e. The Morgan fingerprint density at radius 3 is 2.58 bits per heavy atom. The normalized spacial score (nSPS) is 19.1. The minimum atomic E-state index is -0.123. The molecule has 8 heteroatoms. The second kappa shape index (κ2) is 11.3. The van der Waals surface area contributed by atoms with E-state index in [0.717, 1.165) is 42.9 Å². The van der Waals surface area contributed by atoms with Gasteiger partial charge >= 0.3 is 0 Å². The van der Waals surface area contributed by atoms with Crippen LogP contribution >= 0.6 is 24.8 Å². The van der Waals surface area contributed by atoms with Crippen LogP contribution in [0.25, 0.3) is 10.9 Å². The van der Waals surface area contributed by atoms with Crippen LogP contribution in [0, 0.1) is 5.92 Å². The van der Waals surface area contributed by atoms with Crippen molar-refractivity contribution in [1.82, 2.24) is 20.2 Å². The molecule has 6 nitrogen and oxygen atoms in total. The first-order valence-corrected chi connectivity index (χ1v) is 11.5. The lowest BCUT2D eigenvalue weighted by Gasteiger charge is -2.22. The van der Waals surface area contributed by atoms with Gasteiger partial charge in [-0.15, -0.1) is 24.8 Å². The Kier molecular flexibility index (Phi) is 8.76. The van der Waals surface area contributed by atoms with Gasteiger partial charge in [0.05, 0.1) is 5.52 Å². The van der Waals surface area contributed by atoms with E-state index in [1.54, 1.807) is 0 Å². The average molecular weight is 490 g/mol. The number of aromatic nitrogens is 2. The van der Waals surface area contributed by atoms with Gasteiger partial charge in [0.15, 0.2) is 0 Å². The molecule has 2 aliphatic rings. The predicted octanol–water partition coefficient (Wildman–Crippen LogP) is 4.97. The van der Waals surface area contributed by atoms with Gasteiger partial charge in [-0.25, -0.2) is 4.98 Å². The molecule has 178 valence electrons. The van der Waals surface area contributed by atoms with Gasteiger partial charge in [-0.3, -0.25) is 9.69 Å². The molecule has 2 aliphatic heterocycles. The zero-order valence-electron chi connectivity index (χ0n) is 19.0. The fraction of sp³-hybridized carbons (Fsp3) is 0.440. The number of halogens is 2. The lowest BCUT2D eigenvalue weighted by atomic mass is 9.91. The van der Waals surface area contributed by atoms with Crippen molar-refractivity contribution in [3.05, 3.63) is 59.4 Å². The third-order valence-corrected chi connectivity index (χ3v) is 6.85. The number of nitrogens with one attached hydrogen (secondary N) is 3. The number of carbonyl (C=O) groups excluding carboxylic acids is 1. The number of rotatable bonds is 5. The highest BCUT2D eigenvalue weighted by Crippen LogP contribution is 2.32. The van der Waals surface area contributed by atoms with Crippen LogP contribution in [0.4, 0.5) is 5.82 Å². The number of amides is 1. The maximum atomic E-state index is 12.7. The Balaban J connectivity index is 0.00000153. The highest BCUT2D eigenvalue weighted by molar-refractivity contribution is 6.04. The van der Waals surface area contributed by atoms with E-state index in [1.165, 1.54) is 36.9 Å². The molecule has 0 unspecified atom stereocenters. The van der Waals surface area contributed by atoms with Gasteiger partial charge in [0.2, 0.25) is 0 Å². The Morgan fingerprint density at radius 1 is 1.12 bits per heavy atom. The molecule has 1 atom stereocenters. The van der Waals surface area contributed by atoms with Crippen LogP contribution in [-0.4, -0.2) is 47.5 Å². The smallest absolute Gasteiger partial charge is 0.256 e. The van der Waals surface area contributed by atoms with Crippen LogP contribution < -0.4 is 10.6 Å². The standard InChI is InChI=1S/C25H31N5O.2ClH/c1-30-12-2-3-23(30)22-14-20-16-27-24(15-21(20)28-22)29-25(31)19-6-4-17(5-7-19)13-18-8-10-26-11-9-18;;/h4-7,14-16,18,23,26,28H,2-3,8-13H2,1H3,(H,27,29,31);2*1H/t23-;;/m1../s1. The molecule has 1 aromatic carbocycles. The van der Waals surface area contributed by atoms with Gasteiger partial charge in [-0.05, 0) is 88.5 Å². The number of piperidine rings is 1. The topological polar surface area (TPSA) is 73.1 Å². The van der Waals surface area contributed by atoms with Gasteiger partial charge in [0.1, 0.15) is 5.82 Å². The summed E-state index contributed by atoms with van der Waals surface area (Å²) in [6.45, 7) is 3.36. The van der Waals surface area contributed by atoms with Crippen LogP contribution in [0.15, 0.2) is 42.6 Å². The van der Waals surface area contributed by atoms with Gasteiger partial charge < -0.3 is 15.6 Å². The second-order valence-electron chi connectivity index (χ2n) is 9.07. The summed E-state index contributed by atoms with van der Waals surface area (Å²) in [7, 11) is 2.17. The molecule has 0 spiro atoms. The molecule has 2 fully saturated rings. The molecular formula is C25H33Cl2N5O. The Bertz CT molecular complexity index is 1060. The van der Waals surface area contributed by atoms with Crippen molar-refractivity contribution in [2.24, 2.45) is 5.92 Å². The molecule has 2 aromatic heterocycles. The highest BCUT2D eigenvalue weighted by atomic mass is 35.5. The first-order valence-electron chi connectivity index (χ1n) is 11.5. The minimum absolute atomic E-state index is 0. The molecule has 0 aliphatic carbocycles. The molecule has 33 heavy (non-hydrogen) atoms. The fourth-order valence-corrected chi connectivity index (χ4v) is 5.00. The molecule has 4 heterocycles. The van der Waals surface area contributed by atoms with Crippen molar-refractivity contribution in [1.29, 1.82) is 0 Å². The molecule has 3 N–H and O–H groups in total. The van der Waals surface area contributed by atoms with Crippen molar-refractivity contribution in [2.75, 3.05) is 32.0 Å². The van der Waals surface area contributed by atoms with Crippen molar-refractivity contribution in [3.63, 3.8) is 0 Å². The third kappa shape index (κ3) is 5.87. The summed E-state index contributed by atoms with van der Waals surface area (Å²) in [5.74, 6) is 1.19. The van der Waals surface area contributed by atoms with E-state index in [1.807, 2.05) is 24.4 Å². The molecule has 5 rings (SSSR count). The van der Waals surface area contributed by atoms with Crippen LogP contribution in [0.5, 0.6) is 0 Å². The summed E-state index contributed by atoms with van der Waals surface area (Å²) < 4.78 is 0. The second-order valence-corrected chi connectivity index (χ2v) is 9.07. The fourth-order valence-electron chi connectivity index (χ4n) is 5.00. The zero-order valence-corrected chi connectivity index (χ0v) is 20.6. The summed E-state index contributed by atoms with van der Waals surface area (Å²) in [4.78, 5) is 23.1.